The second kappa shape index (κ2) is 9.55. The van der Waals surface area contributed by atoms with E-state index in [-0.39, 0.29) is 5.82 Å². The summed E-state index contributed by atoms with van der Waals surface area (Å²) in [4.78, 5) is 4.45. The number of ether oxygens (including phenoxy) is 2. The van der Waals surface area contributed by atoms with Crippen LogP contribution in [0, 0.1) is 5.82 Å². The number of nitrogens with zero attached hydrogens (tertiary/aromatic N) is 1. The second-order valence-electron chi connectivity index (χ2n) is 6.70. The lowest BCUT2D eigenvalue weighted by molar-refractivity contribution is 0.287. The van der Waals surface area contributed by atoms with Gasteiger partial charge in [-0.2, -0.15) is 0 Å². The number of benzene rings is 3. The maximum Gasteiger partial charge on any atom is 0.221 e. The molecule has 150 valence electrons. The average Bonchev–Trinajstić information content (AvgIpc) is 2.80. The van der Waals surface area contributed by atoms with E-state index in [9.17, 15) is 4.39 Å². The fourth-order valence-electron chi connectivity index (χ4n) is 2.96. The summed E-state index contributed by atoms with van der Waals surface area (Å²) in [5.41, 5.74) is 3.41. The highest BCUT2D eigenvalue weighted by atomic mass is 79.9. The molecule has 0 N–H and O–H groups in total. The first kappa shape index (κ1) is 20.1. The van der Waals surface area contributed by atoms with E-state index in [1.807, 2.05) is 72.8 Å². The quantitative estimate of drug-likeness (QED) is 0.301. The van der Waals surface area contributed by atoms with Crippen LogP contribution in [0.3, 0.4) is 0 Å². The van der Waals surface area contributed by atoms with E-state index in [0.29, 0.717) is 40.4 Å². The highest BCUT2D eigenvalue weighted by Crippen LogP contribution is 2.34. The smallest absolute Gasteiger partial charge is 0.221 e. The number of aromatic nitrogens is 1. The highest BCUT2D eigenvalue weighted by molar-refractivity contribution is 9.10. The van der Waals surface area contributed by atoms with Crippen molar-refractivity contribution in [3.63, 3.8) is 0 Å². The van der Waals surface area contributed by atoms with Gasteiger partial charge in [0, 0.05) is 5.56 Å². The van der Waals surface area contributed by atoms with Crippen molar-refractivity contribution in [2.75, 3.05) is 0 Å². The van der Waals surface area contributed by atoms with Gasteiger partial charge in [-0.3, -0.25) is 0 Å². The van der Waals surface area contributed by atoms with E-state index in [1.54, 1.807) is 12.3 Å². The Kier molecular flexibility index (Phi) is 6.40. The largest absolute Gasteiger partial charge is 0.487 e. The fraction of sp³-hybridized carbons (Fsp3) is 0.0800. The maximum absolute atomic E-state index is 14.2. The molecule has 5 heteroatoms. The minimum atomic E-state index is -0.350. The van der Waals surface area contributed by atoms with E-state index in [0.717, 1.165) is 11.1 Å². The van der Waals surface area contributed by atoms with Gasteiger partial charge in [-0.25, -0.2) is 9.37 Å². The summed E-state index contributed by atoms with van der Waals surface area (Å²) in [7, 11) is 0. The molecule has 0 aliphatic rings. The second-order valence-corrected chi connectivity index (χ2v) is 7.56. The van der Waals surface area contributed by atoms with Crippen LogP contribution in [0.25, 0.3) is 11.1 Å². The van der Waals surface area contributed by atoms with Crippen molar-refractivity contribution in [1.29, 1.82) is 0 Å². The van der Waals surface area contributed by atoms with Gasteiger partial charge in [0.25, 0.3) is 0 Å². The van der Waals surface area contributed by atoms with E-state index in [4.69, 9.17) is 9.47 Å². The molecule has 1 heterocycles. The Labute approximate surface area is 183 Å². The van der Waals surface area contributed by atoms with Crippen LogP contribution in [0.4, 0.5) is 4.39 Å². The van der Waals surface area contributed by atoms with Gasteiger partial charge >= 0.3 is 0 Å². The Morgan fingerprint density at radius 1 is 0.767 bits per heavy atom. The normalized spacial score (nSPS) is 10.6. The molecule has 0 amide bonds. The number of hydrogen-bond donors (Lipinski definition) is 0. The Morgan fingerprint density at radius 3 is 2.03 bits per heavy atom. The number of hydrogen-bond acceptors (Lipinski definition) is 3. The molecule has 0 aliphatic heterocycles. The number of halogens is 2. The van der Waals surface area contributed by atoms with Crippen LogP contribution >= 0.6 is 15.9 Å². The van der Waals surface area contributed by atoms with Crippen LogP contribution in [-0.4, -0.2) is 4.98 Å². The predicted molar refractivity (Wildman–Crippen MR) is 119 cm³/mol. The lowest BCUT2D eigenvalue weighted by atomic mass is 10.1. The van der Waals surface area contributed by atoms with Gasteiger partial charge < -0.3 is 9.47 Å². The third kappa shape index (κ3) is 5.05. The summed E-state index contributed by atoms with van der Waals surface area (Å²) in [5.74, 6) is 0.661. The molecule has 3 nitrogen and oxygen atoms in total. The standard InChI is InChI=1S/C25H19BrFNO2/c26-23-12-11-20(13-24(23)27)22-14-21(29-16-18-7-3-1-4-8-18)15-28-25(22)30-17-19-9-5-2-6-10-19/h1-15H,16-17H2. The third-order valence-corrected chi connectivity index (χ3v) is 5.17. The summed E-state index contributed by atoms with van der Waals surface area (Å²) < 4.78 is 26.5. The van der Waals surface area contributed by atoms with Crippen LogP contribution in [-0.2, 0) is 13.2 Å². The summed E-state index contributed by atoms with van der Waals surface area (Å²) >= 11 is 3.20. The molecular formula is C25H19BrFNO2. The Balaban J connectivity index is 1.61. The van der Waals surface area contributed by atoms with Crippen molar-refractivity contribution >= 4 is 15.9 Å². The molecule has 0 unspecified atom stereocenters. The Bertz CT molecular complexity index is 1120. The maximum atomic E-state index is 14.2. The first-order valence-corrected chi connectivity index (χ1v) is 10.3. The van der Waals surface area contributed by atoms with Crippen molar-refractivity contribution in [2.45, 2.75) is 13.2 Å². The number of rotatable bonds is 7. The van der Waals surface area contributed by atoms with Crippen LogP contribution < -0.4 is 9.47 Å². The molecule has 1 aromatic heterocycles. The lowest BCUT2D eigenvalue weighted by Gasteiger charge is -2.14. The SMILES string of the molecule is Fc1cc(-c2cc(OCc3ccccc3)cnc2OCc2ccccc2)ccc1Br. The molecule has 0 saturated carbocycles. The van der Waals surface area contributed by atoms with Crippen LogP contribution in [0.1, 0.15) is 11.1 Å². The Morgan fingerprint density at radius 2 is 1.40 bits per heavy atom. The summed E-state index contributed by atoms with van der Waals surface area (Å²) in [5, 5.41) is 0. The molecule has 0 bridgehead atoms. The molecule has 4 rings (SSSR count). The monoisotopic (exact) mass is 463 g/mol. The molecule has 4 aromatic rings. The van der Waals surface area contributed by atoms with Gasteiger partial charge in [0.05, 0.1) is 10.7 Å². The molecule has 0 spiro atoms. The molecule has 0 radical (unpaired) electrons. The van der Waals surface area contributed by atoms with Crippen molar-refractivity contribution in [1.82, 2.24) is 4.98 Å². The van der Waals surface area contributed by atoms with Gasteiger partial charge in [-0.15, -0.1) is 0 Å². The molecule has 0 atom stereocenters. The van der Waals surface area contributed by atoms with E-state index in [1.165, 1.54) is 6.07 Å². The molecule has 0 aliphatic carbocycles. The zero-order valence-corrected chi connectivity index (χ0v) is 17.7. The van der Waals surface area contributed by atoms with Gasteiger partial charge in [0.1, 0.15) is 24.8 Å². The van der Waals surface area contributed by atoms with Crippen molar-refractivity contribution in [2.24, 2.45) is 0 Å². The minimum absolute atomic E-state index is 0.350. The topological polar surface area (TPSA) is 31.4 Å². The first-order valence-electron chi connectivity index (χ1n) is 9.48. The molecule has 30 heavy (non-hydrogen) atoms. The molecular weight excluding hydrogens is 445 g/mol. The van der Waals surface area contributed by atoms with Crippen LogP contribution in [0.15, 0.2) is 95.6 Å². The minimum Gasteiger partial charge on any atom is -0.487 e. The van der Waals surface area contributed by atoms with Gasteiger partial charge in [-0.05, 0) is 50.8 Å². The average molecular weight is 464 g/mol. The van der Waals surface area contributed by atoms with Crippen molar-refractivity contribution < 1.29 is 13.9 Å². The van der Waals surface area contributed by atoms with Crippen LogP contribution in [0.2, 0.25) is 0 Å². The highest BCUT2D eigenvalue weighted by Gasteiger charge is 2.13. The van der Waals surface area contributed by atoms with Crippen molar-refractivity contribution in [3.05, 3.63) is 113 Å². The molecule has 0 saturated heterocycles. The summed E-state index contributed by atoms with van der Waals surface area (Å²) in [6.07, 6.45) is 1.63. The lowest BCUT2D eigenvalue weighted by Crippen LogP contribution is -2.01. The van der Waals surface area contributed by atoms with Crippen molar-refractivity contribution in [3.8, 4) is 22.8 Å². The van der Waals surface area contributed by atoms with E-state index in [2.05, 4.69) is 20.9 Å². The summed E-state index contributed by atoms with van der Waals surface area (Å²) in [6.45, 7) is 0.783. The van der Waals surface area contributed by atoms with Crippen LogP contribution in [0.5, 0.6) is 11.6 Å². The molecule has 3 aromatic carbocycles. The molecule has 0 fully saturated rings. The predicted octanol–water partition coefficient (Wildman–Crippen LogP) is 6.81. The summed E-state index contributed by atoms with van der Waals surface area (Å²) in [6, 6.07) is 26.5. The third-order valence-electron chi connectivity index (χ3n) is 4.52. The van der Waals surface area contributed by atoms with E-state index >= 15 is 0 Å². The van der Waals surface area contributed by atoms with Gasteiger partial charge in [0.2, 0.25) is 5.88 Å². The van der Waals surface area contributed by atoms with Gasteiger partial charge in [0.15, 0.2) is 0 Å². The zero-order chi connectivity index (χ0) is 20.8. The Hall–Kier alpha value is -3.18. The fourth-order valence-corrected chi connectivity index (χ4v) is 3.21. The first-order chi connectivity index (χ1) is 14.7. The zero-order valence-electron chi connectivity index (χ0n) is 16.1. The number of pyridine rings is 1. The van der Waals surface area contributed by atoms with Gasteiger partial charge in [-0.1, -0.05) is 66.7 Å². The van der Waals surface area contributed by atoms with E-state index < -0.39 is 0 Å².